The van der Waals surface area contributed by atoms with Gasteiger partial charge in [0.05, 0.1) is 6.61 Å². The molecule has 0 spiro atoms. The Hall–Kier alpha value is -0.900. The topological polar surface area (TPSA) is 24.5 Å². The van der Waals surface area contributed by atoms with Crippen molar-refractivity contribution in [2.45, 2.75) is 46.2 Å². The van der Waals surface area contributed by atoms with E-state index in [0.29, 0.717) is 12.1 Å². The van der Waals surface area contributed by atoms with Crippen LogP contribution in [0.25, 0.3) is 0 Å². The molecular formula is C18H32N2O. The Labute approximate surface area is 130 Å². The van der Waals surface area contributed by atoms with Crippen molar-refractivity contribution in [1.82, 2.24) is 10.2 Å². The molecule has 1 N–H and O–H groups in total. The number of nitrogens with one attached hydrogen (secondary N) is 1. The number of hydrogen-bond donors (Lipinski definition) is 1. The van der Waals surface area contributed by atoms with E-state index in [-0.39, 0.29) is 0 Å². The van der Waals surface area contributed by atoms with E-state index in [9.17, 15) is 0 Å². The van der Waals surface area contributed by atoms with Crippen LogP contribution in [-0.2, 0) is 4.74 Å². The summed E-state index contributed by atoms with van der Waals surface area (Å²) in [5.41, 5.74) is 4.10. The van der Waals surface area contributed by atoms with Crippen LogP contribution >= 0.6 is 0 Å². The summed E-state index contributed by atoms with van der Waals surface area (Å²) >= 11 is 0. The Morgan fingerprint density at radius 3 is 2.52 bits per heavy atom. The van der Waals surface area contributed by atoms with Crippen LogP contribution in [0, 0.1) is 13.8 Å². The van der Waals surface area contributed by atoms with Gasteiger partial charge >= 0.3 is 0 Å². The van der Waals surface area contributed by atoms with E-state index in [4.69, 9.17) is 4.74 Å². The van der Waals surface area contributed by atoms with Gasteiger partial charge in [-0.05, 0) is 57.5 Å². The molecule has 0 saturated carbocycles. The summed E-state index contributed by atoms with van der Waals surface area (Å²) in [6.45, 7) is 11.6. The van der Waals surface area contributed by atoms with Gasteiger partial charge in [-0.1, -0.05) is 25.1 Å². The molecule has 0 radical (unpaired) electrons. The Balaban J connectivity index is 2.81. The summed E-state index contributed by atoms with van der Waals surface area (Å²) in [4.78, 5) is 2.37. The monoisotopic (exact) mass is 292 g/mol. The standard InChI is InChI=1S/C18H32N2O/c1-7-10-19-18(12-20(5)16(4)13-21-6)17-9-8-14(2)15(3)11-17/h8-9,11,16,18-19H,7,10,12-13H2,1-6H3. The molecule has 21 heavy (non-hydrogen) atoms. The van der Waals surface area contributed by atoms with E-state index >= 15 is 0 Å². The minimum atomic E-state index is 0.369. The lowest BCUT2D eigenvalue weighted by Crippen LogP contribution is -2.39. The molecule has 2 unspecified atom stereocenters. The van der Waals surface area contributed by atoms with Gasteiger partial charge in [-0.15, -0.1) is 0 Å². The van der Waals surface area contributed by atoms with E-state index in [1.54, 1.807) is 7.11 Å². The maximum Gasteiger partial charge on any atom is 0.0615 e. The minimum Gasteiger partial charge on any atom is -0.383 e. The van der Waals surface area contributed by atoms with Gasteiger partial charge in [-0.25, -0.2) is 0 Å². The van der Waals surface area contributed by atoms with Crippen molar-refractivity contribution in [3.05, 3.63) is 34.9 Å². The third kappa shape index (κ3) is 5.77. The smallest absolute Gasteiger partial charge is 0.0615 e. The molecule has 1 aromatic carbocycles. The molecule has 1 rings (SSSR count). The number of ether oxygens (including phenoxy) is 1. The highest BCUT2D eigenvalue weighted by Gasteiger charge is 2.17. The van der Waals surface area contributed by atoms with Crippen molar-refractivity contribution in [2.24, 2.45) is 0 Å². The zero-order valence-electron chi connectivity index (χ0n) is 14.6. The van der Waals surface area contributed by atoms with Crippen LogP contribution in [0.2, 0.25) is 0 Å². The molecule has 0 aliphatic heterocycles. The molecule has 0 bridgehead atoms. The average Bonchev–Trinajstić information content (AvgIpc) is 2.46. The van der Waals surface area contributed by atoms with E-state index < -0.39 is 0 Å². The van der Waals surface area contributed by atoms with Crippen molar-refractivity contribution in [1.29, 1.82) is 0 Å². The van der Waals surface area contributed by atoms with E-state index in [1.165, 1.54) is 16.7 Å². The van der Waals surface area contributed by atoms with Crippen molar-refractivity contribution in [2.75, 3.05) is 33.9 Å². The first kappa shape index (κ1) is 18.1. The molecule has 0 saturated heterocycles. The predicted molar refractivity (Wildman–Crippen MR) is 90.9 cm³/mol. The first-order valence-electron chi connectivity index (χ1n) is 7.99. The molecule has 0 aliphatic carbocycles. The normalized spacial score (nSPS) is 14.4. The highest BCUT2D eigenvalue weighted by molar-refractivity contribution is 5.32. The van der Waals surface area contributed by atoms with Crippen LogP contribution in [0.5, 0.6) is 0 Å². The van der Waals surface area contributed by atoms with Gasteiger partial charge in [0.1, 0.15) is 0 Å². The van der Waals surface area contributed by atoms with Crippen LogP contribution in [0.15, 0.2) is 18.2 Å². The number of benzene rings is 1. The summed E-state index contributed by atoms with van der Waals surface area (Å²) in [6.07, 6.45) is 1.15. The average molecular weight is 292 g/mol. The van der Waals surface area contributed by atoms with Gasteiger partial charge in [0.2, 0.25) is 0 Å². The molecule has 0 heterocycles. The summed E-state index contributed by atoms with van der Waals surface area (Å²) in [6, 6.07) is 7.59. The van der Waals surface area contributed by atoms with Crippen molar-refractivity contribution in [3.8, 4) is 0 Å². The molecule has 2 atom stereocenters. The largest absolute Gasteiger partial charge is 0.383 e. The first-order chi connectivity index (χ1) is 9.99. The Bertz CT molecular complexity index is 420. The summed E-state index contributed by atoms with van der Waals surface area (Å²) in [5.74, 6) is 0. The maximum atomic E-state index is 5.27. The third-order valence-corrected chi connectivity index (χ3v) is 4.20. The molecule has 3 heteroatoms. The van der Waals surface area contributed by atoms with Crippen molar-refractivity contribution >= 4 is 0 Å². The van der Waals surface area contributed by atoms with Gasteiger partial charge in [0, 0.05) is 25.7 Å². The lowest BCUT2D eigenvalue weighted by Gasteiger charge is -2.30. The van der Waals surface area contributed by atoms with Gasteiger partial charge < -0.3 is 10.1 Å². The van der Waals surface area contributed by atoms with E-state index in [2.05, 4.69) is 63.2 Å². The van der Waals surface area contributed by atoms with Gasteiger partial charge in [-0.3, -0.25) is 4.90 Å². The maximum absolute atomic E-state index is 5.27. The second-order valence-corrected chi connectivity index (χ2v) is 6.09. The molecular weight excluding hydrogens is 260 g/mol. The molecule has 0 fully saturated rings. The SMILES string of the molecule is CCCNC(CN(C)C(C)COC)c1ccc(C)c(C)c1. The molecule has 0 aromatic heterocycles. The molecule has 0 aliphatic rings. The number of likely N-dealkylation sites (N-methyl/N-ethyl adjacent to an activating group) is 1. The van der Waals surface area contributed by atoms with Crippen LogP contribution in [-0.4, -0.2) is 44.8 Å². The van der Waals surface area contributed by atoms with Crippen LogP contribution < -0.4 is 5.32 Å². The first-order valence-corrected chi connectivity index (χ1v) is 7.99. The quantitative estimate of drug-likeness (QED) is 0.756. The third-order valence-electron chi connectivity index (χ3n) is 4.20. The highest BCUT2D eigenvalue weighted by Crippen LogP contribution is 2.19. The fourth-order valence-corrected chi connectivity index (χ4v) is 2.42. The van der Waals surface area contributed by atoms with Crippen LogP contribution in [0.1, 0.15) is 43.0 Å². The summed E-state index contributed by atoms with van der Waals surface area (Å²) in [5, 5.41) is 3.68. The summed E-state index contributed by atoms with van der Waals surface area (Å²) in [7, 11) is 3.94. The lowest BCUT2D eigenvalue weighted by molar-refractivity contribution is 0.109. The molecule has 120 valence electrons. The fraction of sp³-hybridized carbons (Fsp3) is 0.667. The molecule has 0 amide bonds. The highest BCUT2D eigenvalue weighted by atomic mass is 16.5. The zero-order valence-corrected chi connectivity index (χ0v) is 14.6. The number of methoxy groups -OCH3 is 1. The Morgan fingerprint density at radius 1 is 1.24 bits per heavy atom. The fourth-order valence-electron chi connectivity index (χ4n) is 2.42. The van der Waals surface area contributed by atoms with Crippen LogP contribution in [0.4, 0.5) is 0 Å². The molecule has 3 nitrogen and oxygen atoms in total. The zero-order chi connectivity index (χ0) is 15.8. The van der Waals surface area contributed by atoms with E-state index in [0.717, 1.165) is 26.1 Å². The number of rotatable bonds is 9. The number of hydrogen-bond acceptors (Lipinski definition) is 3. The number of nitrogens with zero attached hydrogens (tertiary/aromatic N) is 1. The number of aryl methyl sites for hydroxylation is 2. The van der Waals surface area contributed by atoms with E-state index in [1.807, 2.05) is 0 Å². The Kier molecular flexibility index (Phi) is 7.94. The van der Waals surface area contributed by atoms with Gasteiger partial charge in [-0.2, -0.15) is 0 Å². The summed E-state index contributed by atoms with van der Waals surface area (Å²) < 4.78 is 5.27. The van der Waals surface area contributed by atoms with Crippen molar-refractivity contribution < 1.29 is 4.74 Å². The van der Waals surface area contributed by atoms with Crippen LogP contribution in [0.3, 0.4) is 0 Å². The van der Waals surface area contributed by atoms with Gasteiger partial charge in [0.25, 0.3) is 0 Å². The Morgan fingerprint density at radius 2 is 1.95 bits per heavy atom. The second-order valence-electron chi connectivity index (χ2n) is 6.09. The predicted octanol–water partition coefficient (Wildman–Crippen LogP) is 3.31. The van der Waals surface area contributed by atoms with Gasteiger partial charge in [0.15, 0.2) is 0 Å². The second kappa shape index (κ2) is 9.19. The van der Waals surface area contributed by atoms with Crippen molar-refractivity contribution in [3.63, 3.8) is 0 Å². The minimum absolute atomic E-state index is 0.369. The lowest BCUT2D eigenvalue weighted by atomic mass is 10.00. The molecule has 1 aromatic rings.